The van der Waals surface area contributed by atoms with Crippen LogP contribution in [-0.2, 0) is 6.42 Å². The molecule has 1 aromatic carbocycles. The van der Waals surface area contributed by atoms with E-state index in [4.69, 9.17) is 0 Å². The number of Topliss-reactive ketones (excluding diaryl/α,β-unsaturated/α-hetero) is 1. The number of rotatable bonds is 3. The van der Waals surface area contributed by atoms with Crippen LogP contribution in [0.2, 0.25) is 0 Å². The molecule has 2 rings (SSSR count). The van der Waals surface area contributed by atoms with Gasteiger partial charge < -0.3 is 0 Å². The van der Waals surface area contributed by atoms with E-state index in [-0.39, 0.29) is 17.8 Å². The molecule has 0 aliphatic rings. The van der Waals surface area contributed by atoms with Crippen molar-refractivity contribution >= 4 is 21.7 Å². The lowest BCUT2D eigenvalue weighted by atomic mass is 10.0. The van der Waals surface area contributed by atoms with E-state index < -0.39 is 5.82 Å². The number of carbonyl (C=O) groups is 1. The van der Waals surface area contributed by atoms with Crippen LogP contribution in [0.15, 0.2) is 47.2 Å². The van der Waals surface area contributed by atoms with Gasteiger partial charge in [-0.1, -0.05) is 15.9 Å². The van der Waals surface area contributed by atoms with Crippen molar-refractivity contribution in [1.82, 2.24) is 4.98 Å². The Labute approximate surface area is 107 Å². The second kappa shape index (κ2) is 5.19. The van der Waals surface area contributed by atoms with Gasteiger partial charge in [-0.15, -0.1) is 0 Å². The van der Waals surface area contributed by atoms with Crippen molar-refractivity contribution in [3.05, 3.63) is 64.1 Å². The molecular weight excluding hydrogens is 285 g/mol. The van der Waals surface area contributed by atoms with E-state index in [0.717, 1.165) is 5.56 Å². The van der Waals surface area contributed by atoms with Gasteiger partial charge in [-0.25, -0.2) is 4.39 Å². The van der Waals surface area contributed by atoms with Crippen LogP contribution in [0.4, 0.5) is 4.39 Å². The van der Waals surface area contributed by atoms with Crippen LogP contribution in [0.1, 0.15) is 15.9 Å². The molecule has 0 N–H and O–H groups in total. The molecule has 86 valence electrons. The van der Waals surface area contributed by atoms with Crippen LogP contribution >= 0.6 is 15.9 Å². The molecule has 4 heteroatoms. The number of ketones is 1. The fraction of sp³-hybridized carbons (Fsp3) is 0.0769. The highest BCUT2D eigenvalue weighted by Crippen LogP contribution is 2.17. The molecule has 0 atom stereocenters. The monoisotopic (exact) mass is 293 g/mol. The van der Waals surface area contributed by atoms with Gasteiger partial charge in [0.05, 0.1) is 5.56 Å². The van der Waals surface area contributed by atoms with Crippen molar-refractivity contribution in [3.63, 3.8) is 0 Å². The van der Waals surface area contributed by atoms with Crippen LogP contribution < -0.4 is 0 Å². The maximum absolute atomic E-state index is 13.5. The first-order chi connectivity index (χ1) is 8.16. The third-order valence-electron chi connectivity index (χ3n) is 2.34. The SMILES string of the molecule is O=C(Cc1ccncc1)c1cc(Br)ccc1F. The second-order valence-corrected chi connectivity index (χ2v) is 4.50. The lowest BCUT2D eigenvalue weighted by molar-refractivity contribution is 0.0989. The molecule has 2 aromatic rings. The van der Waals surface area contributed by atoms with Gasteiger partial charge in [-0.2, -0.15) is 0 Å². The van der Waals surface area contributed by atoms with Crippen molar-refractivity contribution in [2.45, 2.75) is 6.42 Å². The number of aromatic nitrogens is 1. The summed E-state index contributed by atoms with van der Waals surface area (Å²) in [5, 5.41) is 0. The molecule has 2 nitrogen and oxygen atoms in total. The number of hydrogen-bond acceptors (Lipinski definition) is 2. The van der Waals surface area contributed by atoms with Crippen molar-refractivity contribution in [2.24, 2.45) is 0 Å². The Balaban J connectivity index is 2.23. The number of pyridine rings is 1. The molecule has 0 fully saturated rings. The summed E-state index contributed by atoms with van der Waals surface area (Å²) in [6.07, 6.45) is 3.40. The van der Waals surface area contributed by atoms with Gasteiger partial charge in [0.25, 0.3) is 0 Å². The topological polar surface area (TPSA) is 30.0 Å². The highest BCUT2D eigenvalue weighted by atomic mass is 79.9. The largest absolute Gasteiger partial charge is 0.294 e. The summed E-state index contributed by atoms with van der Waals surface area (Å²) in [5.74, 6) is -0.734. The summed E-state index contributed by atoms with van der Waals surface area (Å²) in [4.78, 5) is 15.8. The van der Waals surface area contributed by atoms with E-state index in [2.05, 4.69) is 20.9 Å². The fourth-order valence-electron chi connectivity index (χ4n) is 1.49. The molecule has 0 aliphatic heterocycles. The highest BCUT2D eigenvalue weighted by Gasteiger charge is 2.12. The van der Waals surface area contributed by atoms with E-state index in [0.29, 0.717) is 4.47 Å². The van der Waals surface area contributed by atoms with Gasteiger partial charge in [0, 0.05) is 23.3 Å². The summed E-state index contributed by atoms with van der Waals surface area (Å²) >= 11 is 3.22. The minimum atomic E-state index is -0.493. The van der Waals surface area contributed by atoms with Crippen molar-refractivity contribution in [1.29, 1.82) is 0 Å². The summed E-state index contributed by atoms with van der Waals surface area (Å²) in [5.41, 5.74) is 0.931. The van der Waals surface area contributed by atoms with Gasteiger partial charge in [-0.05, 0) is 35.9 Å². The lowest BCUT2D eigenvalue weighted by Crippen LogP contribution is -2.06. The highest BCUT2D eigenvalue weighted by molar-refractivity contribution is 9.10. The number of benzene rings is 1. The van der Waals surface area contributed by atoms with E-state index in [1.54, 1.807) is 30.6 Å². The van der Waals surface area contributed by atoms with Gasteiger partial charge in [0.1, 0.15) is 5.82 Å². The first-order valence-electron chi connectivity index (χ1n) is 5.04. The van der Waals surface area contributed by atoms with Crippen LogP contribution in [-0.4, -0.2) is 10.8 Å². The normalized spacial score (nSPS) is 10.2. The Kier molecular flexibility index (Phi) is 3.64. The molecule has 0 aliphatic carbocycles. The molecular formula is C13H9BrFNO. The summed E-state index contributed by atoms with van der Waals surface area (Å²) < 4.78 is 14.2. The standard InChI is InChI=1S/C13H9BrFNO/c14-10-1-2-12(15)11(8-10)13(17)7-9-3-5-16-6-4-9/h1-6,8H,7H2. The zero-order chi connectivity index (χ0) is 12.3. The summed E-state index contributed by atoms with van der Waals surface area (Å²) in [6, 6.07) is 7.84. The lowest BCUT2D eigenvalue weighted by Gasteiger charge is -2.03. The predicted molar refractivity (Wildman–Crippen MR) is 66.4 cm³/mol. The van der Waals surface area contributed by atoms with Gasteiger partial charge >= 0.3 is 0 Å². The molecule has 0 unspecified atom stereocenters. The van der Waals surface area contributed by atoms with Crippen LogP contribution in [0.3, 0.4) is 0 Å². The second-order valence-electron chi connectivity index (χ2n) is 3.58. The maximum atomic E-state index is 13.5. The quantitative estimate of drug-likeness (QED) is 0.812. The molecule has 0 amide bonds. The number of hydrogen-bond donors (Lipinski definition) is 0. The van der Waals surface area contributed by atoms with Gasteiger partial charge in [0.15, 0.2) is 5.78 Å². The average molecular weight is 294 g/mol. The molecule has 1 aromatic heterocycles. The maximum Gasteiger partial charge on any atom is 0.170 e. The first kappa shape index (κ1) is 11.9. The minimum absolute atomic E-state index is 0.108. The fourth-order valence-corrected chi connectivity index (χ4v) is 1.85. The smallest absolute Gasteiger partial charge is 0.170 e. The van der Waals surface area contributed by atoms with Gasteiger partial charge in [-0.3, -0.25) is 9.78 Å². The van der Waals surface area contributed by atoms with Crippen molar-refractivity contribution in [3.8, 4) is 0 Å². The van der Waals surface area contributed by atoms with Crippen LogP contribution in [0.25, 0.3) is 0 Å². The van der Waals surface area contributed by atoms with E-state index in [9.17, 15) is 9.18 Å². The zero-order valence-corrected chi connectivity index (χ0v) is 10.4. The number of nitrogens with zero attached hydrogens (tertiary/aromatic N) is 1. The average Bonchev–Trinajstić information content (AvgIpc) is 2.33. The Morgan fingerprint density at radius 2 is 1.94 bits per heavy atom. The van der Waals surface area contributed by atoms with Crippen LogP contribution in [0, 0.1) is 5.82 Å². The van der Waals surface area contributed by atoms with Crippen molar-refractivity contribution < 1.29 is 9.18 Å². The summed E-state index contributed by atoms with van der Waals surface area (Å²) in [6.45, 7) is 0. The van der Waals surface area contributed by atoms with Gasteiger partial charge in [0.2, 0.25) is 0 Å². The number of halogens is 2. The molecule has 0 bridgehead atoms. The van der Waals surface area contributed by atoms with Crippen LogP contribution in [0.5, 0.6) is 0 Å². The predicted octanol–water partition coefficient (Wildman–Crippen LogP) is 3.41. The minimum Gasteiger partial charge on any atom is -0.294 e. The third kappa shape index (κ3) is 2.97. The molecule has 0 spiro atoms. The Morgan fingerprint density at radius 3 is 2.65 bits per heavy atom. The molecule has 1 heterocycles. The van der Waals surface area contributed by atoms with Crippen molar-refractivity contribution in [2.75, 3.05) is 0 Å². The van der Waals surface area contributed by atoms with E-state index in [1.807, 2.05) is 0 Å². The Morgan fingerprint density at radius 1 is 1.24 bits per heavy atom. The molecule has 0 saturated heterocycles. The summed E-state index contributed by atoms with van der Waals surface area (Å²) in [7, 11) is 0. The van der Waals surface area contributed by atoms with E-state index >= 15 is 0 Å². The third-order valence-corrected chi connectivity index (χ3v) is 2.84. The molecule has 17 heavy (non-hydrogen) atoms. The first-order valence-corrected chi connectivity index (χ1v) is 5.83. The zero-order valence-electron chi connectivity index (χ0n) is 8.86. The molecule has 0 radical (unpaired) electrons. The van der Waals surface area contributed by atoms with E-state index in [1.165, 1.54) is 12.1 Å². The molecule has 0 saturated carbocycles. The Hall–Kier alpha value is -1.55. The number of carbonyl (C=O) groups excluding carboxylic acids is 1. The Bertz CT molecular complexity index is 542.